The number of hydrogen-bond acceptors (Lipinski definition) is 10. The zero-order valence-corrected chi connectivity index (χ0v) is 40.6. The quantitative estimate of drug-likeness (QED) is 0.0972. The van der Waals surface area contributed by atoms with Gasteiger partial charge in [0, 0.05) is 76.7 Å². The summed E-state index contributed by atoms with van der Waals surface area (Å²) in [6, 6.07) is 6.14. The normalized spacial score (nSPS) is 16.9. The molecule has 2 fully saturated rings. The molecule has 0 radical (unpaired) electrons. The second-order valence-electron chi connectivity index (χ2n) is 19.1. The van der Waals surface area contributed by atoms with E-state index < -0.39 is 59.6 Å². The lowest BCUT2D eigenvalue weighted by Gasteiger charge is -2.35. The molecule has 4 atom stereocenters. The highest BCUT2D eigenvalue weighted by Crippen LogP contribution is 2.41. The molecule has 4 amide bonds. The van der Waals surface area contributed by atoms with Crippen molar-refractivity contribution in [1.29, 1.82) is 0 Å². The second-order valence-corrected chi connectivity index (χ2v) is 19.1. The molecule has 6 rings (SSSR count). The van der Waals surface area contributed by atoms with Crippen molar-refractivity contribution in [1.82, 2.24) is 44.5 Å². The maximum Gasteiger partial charge on any atom is 0.406 e. The summed E-state index contributed by atoms with van der Waals surface area (Å²) < 4.78 is 58.6. The Bertz CT molecular complexity index is 2610. The predicted molar refractivity (Wildman–Crippen MR) is 252 cm³/mol. The Labute approximate surface area is 399 Å². The van der Waals surface area contributed by atoms with E-state index in [0.717, 1.165) is 17.4 Å². The van der Waals surface area contributed by atoms with Crippen LogP contribution in [0.4, 0.5) is 13.2 Å². The zero-order valence-electron chi connectivity index (χ0n) is 40.6. The number of pyridine rings is 1. The molecule has 0 spiro atoms. The van der Waals surface area contributed by atoms with E-state index in [9.17, 15) is 37.1 Å². The average molecular weight is 964 g/mol. The van der Waals surface area contributed by atoms with Crippen LogP contribution in [0, 0.1) is 17.3 Å². The molecule has 4 aromatic rings. The lowest BCUT2D eigenvalue weighted by molar-refractivity contribution is -0.145. The predicted octanol–water partition coefficient (Wildman–Crippen LogP) is 4.88. The van der Waals surface area contributed by atoms with Gasteiger partial charge in [0.1, 0.15) is 18.6 Å². The van der Waals surface area contributed by atoms with E-state index in [0.29, 0.717) is 60.6 Å². The molecular formula is C49H64F3N9O8. The number of hydrogen-bond donors (Lipinski definition) is 2. The number of amides is 4. The van der Waals surface area contributed by atoms with E-state index in [1.165, 1.54) is 50.8 Å². The van der Waals surface area contributed by atoms with Crippen molar-refractivity contribution in [3.05, 3.63) is 82.6 Å². The lowest BCUT2D eigenvalue weighted by Crippen LogP contribution is -2.59. The van der Waals surface area contributed by atoms with Crippen LogP contribution < -0.4 is 16.3 Å². The third-order valence-electron chi connectivity index (χ3n) is 13.0. The van der Waals surface area contributed by atoms with Gasteiger partial charge >= 0.3 is 6.18 Å². The molecule has 0 saturated carbocycles. The van der Waals surface area contributed by atoms with Crippen LogP contribution in [0.3, 0.4) is 0 Å². The number of carbonyl (C=O) groups excluding carboxylic acids is 5. The molecule has 2 aliphatic heterocycles. The summed E-state index contributed by atoms with van der Waals surface area (Å²) in [4.78, 5) is 84.1. The summed E-state index contributed by atoms with van der Waals surface area (Å²) >= 11 is 0. The first kappa shape index (κ1) is 52.1. The highest BCUT2D eigenvalue weighted by molar-refractivity contribution is 5.94. The highest BCUT2D eigenvalue weighted by Gasteiger charge is 2.40. The largest absolute Gasteiger partial charge is 0.467 e. The number of rotatable bonds is 19. The molecule has 69 heavy (non-hydrogen) atoms. The summed E-state index contributed by atoms with van der Waals surface area (Å²) in [5.41, 5.74) is 3.80. The van der Waals surface area contributed by atoms with Gasteiger partial charge in [0.25, 0.3) is 17.9 Å². The van der Waals surface area contributed by atoms with Crippen LogP contribution in [0.1, 0.15) is 76.8 Å². The molecule has 17 nitrogen and oxygen atoms in total. The average Bonchev–Trinajstić information content (AvgIpc) is 4.03. The van der Waals surface area contributed by atoms with Crippen molar-refractivity contribution in [3.8, 4) is 16.9 Å². The smallest absolute Gasteiger partial charge is 0.406 e. The van der Waals surface area contributed by atoms with E-state index in [2.05, 4.69) is 22.4 Å². The van der Waals surface area contributed by atoms with E-state index in [4.69, 9.17) is 9.47 Å². The fraction of sp³-hybridized carbons (Fsp3) is 0.531. The van der Waals surface area contributed by atoms with Crippen molar-refractivity contribution in [2.75, 3.05) is 46.9 Å². The maximum absolute atomic E-state index is 15.1. The van der Waals surface area contributed by atoms with Gasteiger partial charge in [-0.1, -0.05) is 46.4 Å². The first-order valence-electron chi connectivity index (χ1n) is 23.2. The molecule has 0 bridgehead atoms. The molecule has 20 heteroatoms. The minimum absolute atomic E-state index is 0.0206. The number of benzene rings is 1. The monoisotopic (exact) mass is 963 g/mol. The summed E-state index contributed by atoms with van der Waals surface area (Å²) in [7, 11) is 4.68. The molecular weight excluding hydrogens is 900 g/mol. The topological polar surface area (TPSA) is 182 Å². The van der Waals surface area contributed by atoms with Crippen molar-refractivity contribution in [2.24, 2.45) is 24.3 Å². The van der Waals surface area contributed by atoms with Crippen LogP contribution in [0.2, 0.25) is 0 Å². The van der Waals surface area contributed by atoms with E-state index >= 15 is 4.79 Å². The van der Waals surface area contributed by atoms with Crippen LogP contribution in [0.5, 0.6) is 0 Å². The molecule has 2 aliphatic rings. The maximum atomic E-state index is 15.1. The van der Waals surface area contributed by atoms with Gasteiger partial charge in [0.15, 0.2) is 0 Å². The Kier molecular flexibility index (Phi) is 16.3. The van der Waals surface area contributed by atoms with Crippen molar-refractivity contribution in [3.63, 3.8) is 0 Å². The molecule has 2 N–H and O–H groups in total. The molecule has 374 valence electrons. The third-order valence-corrected chi connectivity index (χ3v) is 13.0. The number of nitrogens with one attached hydrogen (secondary N) is 2. The van der Waals surface area contributed by atoms with Gasteiger partial charge in [-0.2, -0.15) is 18.3 Å². The van der Waals surface area contributed by atoms with Crippen molar-refractivity contribution < 1.29 is 46.6 Å². The van der Waals surface area contributed by atoms with Crippen LogP contribution in [-0.4, -0.2) is 129 Å². The van der Waals surface area contributed by atoms with E-state index in [1.807, 2.05) is 0 Å². The number of nitrogens with zero attached hydrogens (tertiary/aromatic N) is 7. The third kappa shape index (κ3) is 11.6. The van der Waals surface area contributed by atoms with Gasteiger partial charge < -0.3 is 29.2 Å². The first-order chi connectivity index (χ1) is 32.6. The van der Waals surface area contributed by atoms with Crippen LogP contribution >= 0.6 is 0 Å². The number of aryl methyl sites for hydroxylation is 1. The van der Waals surface area contributed by atoms with Gasteiger partial charge in [0.05, 0.1) is 47.1 Å². The highest BCUT2D eigenvalue weighted by atomic mass is 19.4. The number of aromatic nitrogens is 4. The molecule has 5 heterocycles. The first-order valence-corrected chi connectivity index (χ1v) is 23.2. The molecule has 2 saturated heterocycles. The standard InChI is InChI=1S/C49H64F3N9O8/c1-10-39(63)58-20-16-33(26-58)45(65)56(7)41(30(2)3)44(64)55-37(46(66)61-19-12-11-18-53-61)23-32-14-13-15-34(22-32)59-21-17-38-40(47(59)67)35(24-48(5,6)28-69-29-62)43(60(38)27-49(50,51)52)36-25-54-57(8)42(36)31(4)68-9/h10,13-15,17,21-22,25,29-31,33,37,41,53H,1,11-12,16,18-20,23-24,26-28H2,2-9H3,(H,55,64). The summed E-state index contributed by atoms with van der Waals surface area (Å²) in [5.74, 6) is -2.41. The van der Waals surface area contributed by atoms with Crippen molar-refractivity contribution >= 4 is 41.0 Å². The van der Waals surface area contributed by atoms with Gasteiger partial charge in [0.2, 0.25) is 17.7 Å². The number of likely N-dealkylation sites (tertiary alicyclic amines) is 1. The number of ether oxygens (including phenoxy) is 2. The Morgan fingerprint density at radius 3 is 2.48 bits per heavy atom. The molecule has 1 aromatic carbocycles. The Balaban J connectivity index is 1.42. The number of likely N-dealkylation sites (N-methyl/N-ethyl adjacent to an activating group) is 1. The van der Waals surface area contributed by atoms with Gasteiger partial charge in [-0.25, -0.2) is 5.43 Å². The van der Waals surface area contributed by atoms with Crippen molar-refractivity contribution in [2.45, 2.75) is 97.6 Å². The second kappa shape index (κ2) is 21.6. The number of carbonyl (C=O) groups is 5. The Hall–Kier alpha value is -6.28. The number of halogens is 3. The summed E-state index contributed by atoms with van der Waals surface area (Å²) in [6.45, 7) is 12.8. The lowest BCUT2D eigenvalue weighted by atomic mass is 9.84. The van der Waals surface area contributed by atoms with Crippen LogP contribution in [0.15, 0.2) is 60.2 Å². The van der Waals surface area contributed by atoms with Gasteiger partial charge in [-0.05, 0) is 73.9 Å². The SMILES string of the molecule is C=CC(=O)N1CCC(C(=O)N(C)C(C(=O)NC(Cc2cccc(-n3ccc4c(c(CC(C)(C)COC=O)c(-c5cnn(C)c5C(C)OC)n4CC(F)(F)F)c3=O)c2)C(=O)N2CCCCN2)C(C)C)C1. The number of methoxy groups -OCH3 is 1. The molecule has 3 aromatic heterocycles. The zero-order chi connectivity index (χ0) is 50.5. The summed E-state index contributed by atoms with van der Waals surface area (Å²) in [6.07, 6.45) is 0.773. The van der Waals surface area contributed by atoms with Crippen LogP contribution in [0.25, 0.3) is 27.8 Å². The fourth-order valence-electron chi connectivity index (χ4n) is 9.71. The Morgan fingerprint density at radius 1 is 1.10 bits per heavy atom. The van der Waals surface area contributed by atoms with Gasteiger partial charge in [-0.3, -0.25) is 43.0 Å². The molecule has 0 aliphatic carbocycles. The van der Waals surface area contributed by atoms with Gasteiger partial charge in [-0.15, -0.1) is 0 Å². The minimum atomic E-state index is -4.70. The summed E-state index contributed by atoms with van der Waals surface area (Å²) in [5, 5.41) is 8.85. The number of hydrazine groups is 1. The fourth-order valence-corrected chi connectivity index (χ4v) is 9.71. The number of fused-ring (bicyclic) bond motifs is 1. The van der Waals surface area contributed by atoms with Crippen LogP contribution in [-0.2, 0) is 59.9 Å². The number of alkyl halides is 3. The minimum Gasteiger partial charge on any atom is -0.467 e. The van der Waals surface area contributed by atoms with E-state index in [-0.39, 0.29) is 60.3 Å². The Morgan fingerprint density at radius 2 is 1.84 bits per heavy atom. The molecule has 4 unspecified atom stereocenters. The van der Waals surface area contributed by atoms with E-state index in [1.54, 1.807) is 77.9 Å².